The van der Waals surface area contributed by atoms with Crippen LogP contribution >= 0.6 is 0 Å². The Hall–Kier alpha value is -2.08. The van der Waals surface area contributed by atoms with Gasteiger partial charge in [0, 0.05) is 25.9 Å². The van der Waals surface area contributed by atoms with Crippen molar-refractivity contribution in [3.8, 4) is 0 Å². The maximum Gasteiger partial charge on any atom is 0.317 e. The fourth-order valence-corrected chi connectivity index (χ4v) is 4.64. The molecule has 0 spiro atoms. The summed E-state index contributed by atoms with van der Waals surface area (Å²) in [5.74, 6) is 0.214. The second kappa shape index (κ2) is 7.44. The zero-order chi connectivity index (χ0) is 17.9. The van der Waals surface area contributed by atoms with E-state index in [2.05, 4.69) is 29.6 Å². The summed E-state index contributed by atoms with van der Waals surface area (Å²) in [5.41, 5.74) is 1.22. The Morgan fingerprint density at radius 3 is 2.76 bits per heavy atom. The zero-order valence-corrected chi connectivity index (χ0v) is 15.3. The van der Waals surface area contributed by atoms with Gasteiger partial charge in [-0.15, -0.1) is 0 Å². The molecule has 2 aromatic rings. The molecule has 3 rings (SSSR count). The maximum atomic E-state index is 12.3. The van der Waals surface area contributed by atoms with E-state index in [1.165, 1.54) is 22.6 Å². The average Bonchev–Trinajstić information content (AvgIpc) is 3.01. The first-order valence-corrected chi connectivity index (χ1v) is 10.7. The van der Waals surface area contributed by atoms with Crippen LogP contribution in [-0.2, 0) is 16.3 Å². The Kier molecular flexibility index (Phi) is 5.27. The van der Waals surface area contributed by atoms with Crippen molar-refractivity contribution in [1.82, 2.24) is 10.2 Å². The second-order valence-electron chi connectivity index (χ2n) is 6.81. The van der Waals surface area contributed by atoms with Crippen molar-refractivity contribution in [2.75, 3.05) is 31.6 Å². The third kappa shape index (κ3) is 4.72. The lowest BCUT2D eigenvalue weighted by Crippen LogP contribution is -2.39. The third-order valence-corrected chi connectivity index (χ3v) is 5.74. The van der Waals surface area contributed by atoms with Crippen LogP contribution in [0.1, 0.15) is 12.0 Å². The minimum Gasteiger partial charge on any atom is -0.338 e. The number of carbonyl (C=O) groups is 1. The molecule has 1 aliphatic heterocycles. The first-order valence-electron chi connectivity index (χ1n) is 8.59. The van der Waals surface area contributed by atoms with Crippen LogP contribution in [0.5, 0.6) is 0 Å². The lowest BCUT2D eigenvalue weighted by molar-refractivity contribution is 0.207. The number of hydrogen-bond donors (Lipinski definition) is 1. The minimum absolute atomic E-state index is 0.0545. The first kappa shape index (κ1) is 17.7. The predicted octanol–water partition coefficient (Wildman–Crippen LogP) is 2.46. The second-order valence-corrected chi connectivity index (χ2v) is 9.00. The Bertz CT molecular complexity index is 859. The molecule has 25 heavy (non-hydrogen) atoms. The lowest BCUT2D eigenvalue weighted by atomic mass is 10.0. The molecule has 0 bridgehead atoms. The number of urea groups is 1. The van der Waals surface area contributed by atoms with Gasteiger partial charge in [-0.3, -0.25) is 0 Å². The van der Waals surface area contributed by atoms with Gasteiger partial charge in [0.1, 0.15) is 9.84 Å². The van der Waals surface area contributed by atoms with Gasteiger partial charge in [0.25, 0.3) is 0 Å². The number of likely N-dealkylation sites (tertiary alicyclic amines) is 1. The summed E-state index contributed by atoms with van der Waals surface area (Å²) in [6.07, 6.45) is 2.78. The number of hydrogen-bond acceptors (Lipinski definition) is 3. The molecule has 1 saturated heterocycles. The molecule has 1 atom stereocenters. The Morgan fingerprint density at radius 2 is 1.96 bits per heavy atom. The van der Waals surface area contributed by atoms with Crippen LogP contribution in [-0.4, -0.2) is 51.0 Å². The number of rotatable bonds is 5. The molecule has 2 amide bonds. The van der Waals surface area contributed by atoms with Gasteiger partial charge in [-0.05, 0) is 35.1 Å². The van der Waals surface area contributed by atoms with Crippen LogP contribution in [0.3, 0.4) is 0 Å². The van der Waals surface area contributed by atoms with E-state index in [1.54, 1.807) is 4.90 Å². The molecule has 1 heterocycles. The molecule has 0 aromatic heterocycles. The van der Waals surface area contributed by atoms with Crippen LogP contribution in [0.25, 0.3) is 10.8 Å². The third-order valence-electron chi connectivity index (χ3n) is 4.66. The van der Waals surface area contributed by atoms with Crippen molar-refractivity contribution in [2.45, 2.75) is 12.8 Å². The number of carbonyl (C=O) groups excluding carboxylic acids is 1. The van der Waals surface area contributed by atoms with Gasteiger partial charge in [0.15, 0.2) is 0 Å². The number of benzene rings is 2. The van der Waals surface area contributed by atoms with Crippen molar-refractivity contribution in [2.24, 2.45) is 5.92 Å². The summed E-state index contributed by atoms with van der Waals surface area (Å²) < 4.78 is 22.8. The molecule has 0 aliphatic carbocycles. The van der Waals surface area contributed by atoms with E-state index in [0.717, 1.165) is 12.8 Å². The maximum absolute atomic E-state index is 12.3. The smallest absolute Gasteiger partial charge is 0.317 e. The number of nitrogens with zero attached hydrogens (tertiary/aromatic N) is 1. The van der Waals surface area contributed by atoms with Crippen LogP contribution in [0.4, 0.5) is 4.79 Å². The largest absolute Gasteiger partial charge is 0.338 e. The summed E-state index contributed by atoms with van der Waals surface area (Å²) in [6, 6.07) is 14.3. The van der Waals surface area contributed by atoms with Gasteiger partial charge in [0.05, 0.1) is 5.75 Å². The van der Waals surface area contributed by atoms with Crippen molar-refractivity contribution in [3.63, 3.8) is 0 Å². The van der Waals surface area contributed by atoms with Gasteiger partial charge in [-0.1, -0.05) is 42.5 Å². The van der Waals surface area contributed by atoms with Crippen LogP contribution in [0, 0.1) is 5.92 Å². The van der Waals surface area contributed by atoms with Crippen molar-refractivity contribution in [1.29, 1.82) is 0 Å². The number of amides is 2. The minimum atomic E-state index is -2.99. The van der Waals surface area contributed by atoms with E-state index in [0.29, 0.717) is 19.6 Å². The highest BCUT2D eigenvalue weighted by molar-refractivity contribution is 7.90. The van der Waals surface area contributed by atoms with Crippen molar-refractivity contribution < 1.29 is 13.2 Å². The number of nitrogens with one attached hydrogen (secondary N) is 1. The molecule has 1 aliphatic rings. The van der Waals surface area contributed by atoms with E-state index >= 15 is 0 Å². The normalized spacial score (nSPS) is 17.8. The highest BCUT2D eigenvalue weighted by Gasteiger charge is 2.28. The molecular weight excluding hydrogens is 336 g/mol. The van der Waals surface area contributed by atoms with Crippen LogP contribution in [0.2, 0.25) is 0 Å². The standard InChI is InChI=1S/C19H24N2O3S/c1-25(23,24)14-15-10-12-21(13-15)19(22)20-11-9-17-7-4-6-16-5-2-3-8-18(16)17/h2-8,15H,9-14H2,1H3,(H,20,22)/t15-/m1/s1. The Balaban J connectivity index is 1.51. The van der Waals surface area contributed by atoms with E-state index in [9.17, 15) is 13.2 Å². The number of fused-ring (bicyclic) bond motifs is 1. The molecule has 6 heteroatoms. The summed E-state index contributed by atoms with van der Waals surface area (Å²) in [6.45, 7) is 1.72. The molecule has 2 aromatic carbocycles. The molecule has 0 saturated carbocycles. The highest BCUT2D eigenvalue weighted by atomic mass is 32.2. The highest BCUT2D eigenvalue weighted by Crippen LogP contribution is 2.19. The summed E-state index contributed by atoms with van der Waals surface area (Å²) in [5, 5.41) is 5.38. The van der Waals surface area contributed by atoms with E-state index in [4.69, 9.17) is 0 Å². The molecule has 1 fully saturated rings. The molecule has 0 unspecified atom stereocenters. The van der Waals surface area contributed by atoms with E-state index in [-0.39, 0.29) is 17.7 Å². The topological polar surface area (TPSA) is 66.5 Å². The van der Waals surface area contributed by atoms with Gasteiger partial charge < -0.3 is 10.2 Å². The monoisotopic (exact) mass is 360 g/mol. The molecule has 1 N–H and O–H groups in total. The zero-order valence-electron chi connectivity index (χ0n) is 14.4. The summed E-state index contributed by atoms with van der Waals surface area (Å²) in [7, 11) is -2.99. The van der Waals surface area contributed by atoms with E-state index < -0.39 is 9.84 Å². The fourth-order valence-electron chi connectivity index (χ4n) is 3.51. The Morgan fingerprint density at radius 1 is 1.20 bits per heavy atom. The number of sulfone groups is 1. The molecule has 0 radical (unpaired) electrons. The lowest BCUT2D eigenvalue weighted by Gasteiger charge is -2.17. The van der Waals surface area contributed by atoms with Gasteiger partial charge in [-0.25, -0.2) is 13.2 Å². The average molecular weight is 360 g/mol. The summed E-state index contributed by atoms with van der Waals surface area (Å²) >= 11 is 0. The molecular formula is C19H24N2O3S. The van der Waals surface area contributed by atoms with Crippen LogP contribution in [0.15, 0.2) is 42.5 Å². The predicted molar refractivity (Wildman–Crippen MR) is 100 cm³/mol. The molecule has 134 valence electrons. The first-order chi connectivity index (χ1) is 11.9. The quantitative estimate of drug-likeness (QED) is 0.891. The van der Waals surface area contributed by atoms with Crippen molar-refractivity contribution in [3.05, 3.63) is 48.0 Å². The SMILES string of the molecule is CS(=O)(=O)C[C@@H]1CCN(C(=O)NCCc2cccc3ccccc23)C1. The van der Waals surface area contributed by atoms with Crippen molar-refractivity contribution >= 4 is 26.6 Å². The Labute approximate surface area is 148 Å². The molecule has 5 nitrogen and oxygen atoms in total. The fraction of sp³-hybridized carbons (Fsp3) is 0.421. The van der Waals surface area contributed by atoms with Gasteiger partial charge >= 0.3 is 6.03 Å². The van der Waals surface area contributed by atoms with Gasteiger partial charge in [0.2, 0.25) is 0 Å². The summed E-state index contributed by atoms with van der Waals surface area (Å²) in [4.78, 5) is 14.0. The van der Waals surface area contributed by atoms with Crippen LogP contribution < -0.4 is 5.32 Å². The van der Waals surface area contributed by atoms with E-state index in [1.807, 2.05) is 18.2 Å². The van der Waals surface area contributed by atoms with Gasteiger partial charge in [-0.2, -0.15) is 0 Å².